The first kappa shape index (κ1) is 33.7. The van der Waals surface area contributed by atoms with Gasteiger partial charge in [0.25, 0.3) is 0 Å². The standard InChI is InChI=1S/C10H9.3C6H14N.Ti/c1-8-4-2-5-9-6-3-7-10(8)9;3*1-5(2)7-6(3)4;/h2-7H,1H3;3*5-6H,1-4H3;/q;3*-1;+3. The third kappa shape index (κ3) is 20.2. The normalized spacial score (nSPS) is 14.3. The molecule has 1 aliphatic rings. The van der Waals surface area contributed by atoms with Gasteiger partial charge in [0.2, 0.25) is 0 Å². The molecule has 1 unspecified atom stereocenters. The summed E-state index contributed by atoms with van der Waals surface area (Å²) in [6.45, 7) is 27.3. The maximum absolute atomic E-state index is 4.28. The van der Waals surface area contributed by atoms with Crippen LogP contribution in [-0.4, -0.2) is 36.3 Å². The predicted octanol–water partition coefficient (Wildman–Crippen LogP) is 9.14. The van der Waals surface area contributed by atoms with Crippen molar-refractivity contribution >= 4 is 6.08 Å². The Bertz CT molecular complexity index is 553. The molecule has 3 nitrogen and oxygen atoms in total. The molecule has 0 saturated heterocycles. The molecule has 1 aliphatic carbocycles. The van der Waals surface area contributed by atoms with Gasteiger partial charge >= 0.3 is 78.6 Å². The van der Waals surface area contributed by atoms with E-state index in [0.29, 0.717) is 40.5 Å². The Kier molecular flexibility index (Phi) is 19.9. The fourth-order valence-electron chi connectivity index (χ4n) is 3.29. The molecule has 0 spiro atoms. The maximum atomic E-state index is 4.28. The van der Waals surface area contributed by atoms with Crippen LogP contribution in [0.4, 0.5) is 0 Å². The number of fused-ring (bicyclic) bond motifs is 1. The van der Waals surface area contributed by atoms with Crippen molar-refractivity contribution in [3.63, 3.8) is 0 Å². The van der Waals surface area contributed by atoms with Crippen molar-refractivity contribution in [3.05, 3.63) is 56.9 Å². The zero-order valence-electron chi connectivity index (χ0n) is 23.3. The molecule has 0 aliphatic heterocycles. The fourth-order valence-corrected chi connectivity index (χ4v) is 3.83. The first-order valence-corrected chi connectivity index (χ1v) is 13.2. The Labute approximate surface area is 213 Å². The van der Waals surface area contributed by atoms with Crippen molar-refractivity contribution in [3.8, 4) is 0 Å². The van der Waals surface area contributed by atoms with E-state index in [9.17, 15) is 0 Å². The van der Waals surface area contributed by atoms with E-state index < -0.39 is 0 Å². The van der Waals surface area contributed by atoms with E-state index in [0.717, 1.165) is 0 Å². The van der Waals surface area contributed by atoms with Crippen molar-refractivity contribution in [2.24, 2.45) is 0 Å². The number of nitrogens with zero attached hydrogens (tertiary/aromatic N) is 3. The van der Waals surface area contributed by atoms with Crippen LogP contribution in [0.1, 0.15) is 104 Å². The Hall–Kier alpha value is -0.446. The van der Waals surface area contributed by atoms with Gasteiger partial charge in [0.05, 0.1) is 0 Å². The molecular formula is C28H51N3Ti. The molecule has 0 saturated carbocycles. The summed E-state index contributed by atoms with van der Waals surface area (Å²) in [7, 11) is 0. The van der Waals surface area contributed by atoms with Gasteiger partial charge in [-0.1, -0.05) is 83.1 Å². The second kappa shape index (κ2) is 18.9. The molecule has 1 atom stereocenters. The van der Waals surface area contributed by atoms with Gasteiger partial charge in [-0.15, -0.1) is 36.3 Å². The minimum absolute atomic E-state index is 0.500. The van der Waals surface area contributed by atoms with Crippen LogP contribution in [0, 0.1) is 6.92 Å². The van der Waals surface area contributed by atoms with Crippen LogP contribution in [0.2, 0.25) is 0 Å². The van der Waals surface area contributed by atoms with Gasteiger partial charge in [0, 0.05) is 0 Å². The molecule has 0 heterocycles. The van der Waals surface area contributed by atoms with Crippen LogP contribution >= 0.6 is 0 Å². The number of hydrogen-bond acceptors (Lipinski definition) is 0. The van der Waals surface area contributed by atoms with Crippen LogP contribution in [0.5, 0.6) is 0 Å². The monoisotopic (exact) mass is 477 g/mol. The van der Waals surface area contributed by atoms with E-state index >= 15 is 0 Å². The molecule has 182 valence electrons. The van der Waals surface area contributed by atoms with Gasteiger partial charge in [0.1, 0.15) is 0 Å². The van der Waals surface area contributed by atoms with E-state index in [4.69, 9.17) is 0 Å². The summed E-state index contributed by atoms with van der Waals surface area (Å²) in [5, 5.41) is 12.8. The van der Waals surface area contributed by atoms with Crippen LogP contribution in [0.25, 0.3) is 22.0 Å². The average molecular weight is 478 g/mol. The molecule has 0 radical (unpaired) electrons. The van der Waals surface area contributed by atoms with Gasteiger partial charge in [-0.25, -0.2) is 0 Å². The van der Waals surface area contributed by atoms with Gasteiger partial charge in [-0.05, 0) is 0 Å². The molecule has 0 bridgehead atoms. The Morgan fingerprint density at radius 3 is 1.22 bits per heavy atom. The summed E-state index contributed by atoms with van der Waals surface area (Å²) >= 11 is 2.24. The zero-order chi connectivity index (χ0) is 25.4. The summed E-state index contributed by atoms with van der Waals surface area (Å²) in [5.41, 5.74) is 4.30. The molecule has 1 aromatic rings. The molecular weight excluding hydrogens is 426 g/mol. The van der Waals surface area contributed by atoms with E-state index in [1.807, 2.05) is 0 Å². The number of aryl methyl sites for hydroxylation is 1. The quantitative estimate of drug-likeness (QED) is 0.367. The van der Waals surface area contributed by atoms with Crippen LogP contribution in [0.3, 0.4) is 0 Å². The van der Waals surface area contributed by atoms with Gasteiger partial charge in [0.15, 0.2) is 0 Å². The van der Waals surface area contributed by atoms with Crippen LogP contribution in [-0.2, 0) is 20.4 Å². The van der Waals surface area contributed by atoms with Gasteiger partial charge in [-0.3, -0.25) is 0 Å². The number of hydrogen-bond donors (Lipinski definition) is 0. The molecule has 0 N–H and O–H groups in total. The zero-order valence-corrected chi connectivity index (χ0v) is 24.8. The molecule has 2 rings (SSSR count). The second-order valence-corrected chi connectivity index (χ2v) is 10.9. The van der Waals surface area contributed by atoms with E-state index in [-0.39, 0.29) is 0 Å². The summed E-state index contributed by atoms with van der Waals surface area (Å²) in [5.74, 6) is 0. The third-order valence-electron chi connectivity index (χ3n) is 3.94. The Morgan fingerprint density at radius 1 is 0.625 bits per heavy atom. The van der Waals surface area contributed by atoms with E-state index in [2.05, 4.69) is 157 Å². The first-order valence-electron chi connectivity index (χ1n) is 12.3. The summed E-state index contributed by atoms with van der Waals surface area (Å²) in [4.78, 5) is 0. The molecule has 0 amide bonds. The van der Waals surface area contributed by atoms with Crippen molar-refractivity contribution in [1.82, 2.24) is 0 Å². The van der Waals surface area contributed by atoms with Crippen molar-refractivity contribution in [2.45, 2.75) is 130 Å². The summed E-state index contributed by atoms with van der Waals surface area (Å²) in [6, 6.07) is 9.52. The minimum atomic E-state index is 0.500. The molecule has 0 fully saturated rings. The number of benzene rings is 1. The molecule has 32 heavy (non-hydrogen) atoms. The summed E-state index contributed by atoms with van der Waals surface area (Å²) in [6.07, 6.45) is 4.49. The van der Waals surface area contributed by atoms with Gasteiger partial charge < -0.3 is 16.0 Å². The Balaban J connectivity index is 0. The summed E-state index contributed by atoms with van der Waals surface area (Å²) < 4.78 is 0.616. The topological polar surface area (TPSA) is 42.3 Å². The van der Waals surface area contributed by atoms with Gasteiger partial charge in [-0.2, -0.15) is 0 Å². The first-order chi connectivity index (χ1) is 14.7. The van der Waals surface area contributed by atoms with Crippen molar-refractivity contribution in [2.75, 3.05) is 0 Å². The fraction of sp³-hybridized carbons (Fsp3) is 0.714. The molecule has 4 heteroatoms. The number of rotatable bonds is 6. The molecule has 1 aromatic carbocycles. The van der Waals surface area contributed by atoms with Crippen LogP contribution < -0.4 is 0 Å². The third-order valence-corrected chi connectivity index (χ3v) is 4.72. The van der Waals surface area contributed by atoms with Crippen LogP contribution in [0.15, 0.2) is 24.3 Å². The Morgan fingerprint density at radius 2 is 0.969 bits per heavy atom. The van der Waals surface area contributed by atoms with Crippen molar-refractivity contribution in [1.29, 1.82) is 0 Å². The SMILES string of the molecule is CC(C)[N-]C(C)C.CC(C)[N-]C(C)C.CC(C)[N-]C(C)C.Cc1cccc2c1C=C[CH]2[Ti+3]. The second-order valence-electron chi connectivity index (χ2n) is 9.92. The number of allylic oxidation sites excluding steroid dienone is 1. The van der Waals surface area contributed by atoms with E-state index in [1.165, 1.54) is 16.7 Å². The predicted molar refractivity (Wildman–Crippen MR) is 144 cm³/mol. The average Bonchev–Trinajstić information content (AvgIpc) is 2.95. The van der Waals surface area contributed by atoms with E-state index in [1.54, 1.807) is 0 Å². The van der Waals surface area contributed by atoms with Crippen molar-refractivity contribution < 1.29 is 20.4 Å². The molecule has 0 aromatic heterocycles.